The van der Waals surface area contributed by atoms with Gasteiger partial charge in [-0.05, 0) is 55.8 Å². The molecule has 0 aliphatic carbocycles. The molecule has 3 atom stereocenters. The van der Waals surface area contributed by atoms with E-state index in [1.807, 2.05) is 0 Å². The molecule has 2 aliphatic heterocycles. The van der Waals surface area contributed by atoms with Crippen LogP contribution in [0.25, 0.3) is 0 Å². The summed E-state index contributed by atoms with van der Waals surface area (Å²) in [5.74, 6) is 0.767. The third-order valence-corrected chi connectivity index (χ3v) is 6.05. The van der Waals surface area contributed by atoms with Crippen molar-refractivity contribution in [1.82, 2.24) is 10.2 Å². The summed E-state index contributed by atoms with van der Waals surface area (Å²) in [5, 5.41) is 3.87. The first kappa shape index (κ1) is 16.8. The van der Waals surface area contributed by atoms with Gasteiger partial charge in [0.2, 0.25) is 0 Å². The van der Waals surface area contributed by atoms with E-state index in [2.05, 4.69) is 70.9 Å². The van der Waals surface area contributed by atoms with Crippen molar-refractivity contribution in [3.8, 4) is 0 Å². The molecule has 3 unspecified atom stereocenters. The van der Waals surface area contributed by atoms with Gasteiger partial charge in [0.1, 0.15) is 0 Å². The predicted molar refractivity (Wildman–Crippen MR) is 105 cm³/mol. The number of hydrogen-bond donors (Lipinski definition) is 1. The molecule has 2 aliphatic rings. The molecule has 2 fully saturated rings. The smallest absolute Gasteiger partial charge is 0.0255 e. The summed E-state index contributed by atoms with van der Waals surface area (Å²) in [5.41, 5.74) is 2.94. The van der Waals surface area contributed by atoms with E-state index in [4.69, 9.17) is 0 Å². The Kier molecular flexibility index (Phi) is 5.49. The second-order valence-corrected chi connectivity index (χ2v) is 7.74. The van der Waals surface area contributed by atoms with Crippen LogP contribution in [-0.4, -0.2) is 30.1 Å². The average molecular weight is 335 g/mol. The summed E-state index contributed by atoms with van der Waals surface area (Å²) < 4.78 is 0. The van der Waals surface area contributed by atoms with Crippen LogP contribution in [0.4, 0.5) is 0 Å². The average Bonchev–Trinajstić information content (AvgIpc) is 3.12. The second-order valence-electron chi connectivity index (χ2n) is 7.74. The first-order valence-electron chi connectivity index (χ1n) is 9.95. The summed E-state index contributed by atoms with van der Waals surface area (Å²) in [4.78, 5) is 2.75. The Bertz CT molecular complexity index is 640. The Morgan fingerprint density at radius 1 is 0.840 bits per heavy atom. The number of nitrogens with zero attached hydrogens (tertiary/aromatic N) is 1. The molecule has 132 valence electrons. The molecule has 0 radical (unpaired) electrons. The van der Waals surface area contributed by atoms with Crippen molar-refractivity contribution in [3.63, 3.8) is 0 Å². The third-order valence-electron chi connectivity index (χ3n) is 6.05. The van der Waals surface area contributed by atoms with Gasteiger partial charge in [0.05, 0.1) is 0 Å². The first-order chi connectivity index (χ1) is 12.4. The van der Waals surface area contributed by atoms with Crippen LogP contribution in [0, 0.1) is 5.92 Å². The molecule has 0 amide bonds. The lowest BCUT2D eigenvalue weighted by Gasteiger charge is -2.41. The molecule has 2 aromatic carbocycles. The number of benzene rings is 2. The molecule has 0 spiro atoms. The van der Waals surface area contributed by atoms with E-state index >= 15 is 0 Å². The van der Waals surface area contributed by atoms with E-state index in [9.17, 15) is 0 Å². The number of rotatable bonds is 5. The van der Waals surface area contributed by atoms with Gasteiger partial charge < -0.3 is 5.32 Å². The standard InChI is InChI=1S/C23H30N2/c1-3-9-19(10-4-1)17-21-14-15-24-23(21)22-13-7-8-16-25(22)18-20-11-5-2-6-12-20/h1-6,9-12,21-24H,7-8,13-18H2. The molecule has 0 bridgehead atoms. The fourth-order valence-electron chi connectivity index (χ4n) is 4.82. The van der Waals surface area contributed by atoms with Gasteiger partial charge in [-0.15, -0.1) is 0 Å². The zero-order valence-corrected chi connectivity index (χ0v) is 15.1. The van der Waals surface area contributed by atoms with Gasteiger partial charge in [-0.25, -0.2) is 0 Å². The van der Waals surface area contributed by atoms with E-state index in [1.165, 1.54) is 56.3 Å². The summed E-state index contributed by atoms with van der Waals surface area (Å²) in [6, 6.07) is 23.4. The first-order valence-corrected chi connectivity index (χ1v) is 9.95. The Morgan fingerprint density at radius 3 is 2.32 bits per heavy atom. The van der Waals surface area contributed by atoms with Crippen molar-refractivity contribution in [3.05, 3.63) is 71.8 Å². The highest BCUT2D eigenvalue weighted by Crippen LogP contribution is 2.31. The van der Waals surface area contributed by atoms with E-state index in [0.717, 1.165) is 12.5 Å². The Morgan fingerprint density at radius 2 is 1.56 bits per heavy atom. The molecule has 2 heterocycles. The van der Waals surface area contributed by atoms with Crippen LogP contribution in [0.2, 0.25) is 0 Å². The molecular weight excluding hydrogens is 304 g/mol. The van der Waals surface area contributed by atoms with Crippen molar-refractivity contribution in [2.24, 2.45) is 5.92 Å². The molecule has 4 rings (SSSR count). The Labute approximate surface area is 152 Å². The molecule has 25 heavy (non-hydrogen) atoms. The van der Waals surface area contributed by atoms with Crippen LogP contribution < -0.4 is 5.32 Å². The molecule has 2 saturated heterocycles. The van der Waals surface area contributed by atoms with E-state index < -0.39 is 0 Å². The zero-order chi connectivity index (χ0) is 16.9. The summed E-state index contributed by atoms with van der Waals surface area (Å²) in [6.07, 6.45) is 6.60. The van der Waals surface area contributed by atoms with Crippen molar-refractivity contribution in [2.75, 3.05) is 13.1 Å². The van der Waals surface area contributed by atoms with Crippen molar-refractivity contribution >= 4 is 0 Å². The minimum absolute atomic E-state index is 0.643. The molecule has 1 N–H and O–H groups in total. The lowest BCUT2D eigenvalue weighted by molar-refractivity contribution is 0.0979. The largest absolute Gasteiger partial charge is 0.312 e. The zero-order valence-electron chi connectivity index (χ0n) is 15.1. The topological polar surface area (TPSA) is 15.3 Å². The minimum atomic E-state index is 0.643. The summed E-state index contributed by atoms with van der Waals surface area (Å²) in [6.45, 7) is 3.52. The minimum Gasteiger partial charge on any atom is -0.312 e. The van der Waals surface area contributed by atoms with Crippen LogP contribution in [0.5, 0.6) is 0 Å². The van der Waals surface area contributed by atoms with E-state index in [-0.39, 0.29) is 0 Å². The lowest BCUT2D eigenvalue weighted by atomic mass is 9.84. The lowest BCUT2D eigenvalue weighted by Crippen LogP contribution is -2.52. The molecular formula is C23H30N2. The highest BCUT2D eigenvalue weighted by molar-refractivity contribution is 5.17. The number of hydrogen-bond acceptors (Lipinski definition) is 2. The van der Waals surface area contributed by atoms with Crippen molar-refractivity contribution < 1.29 is 0 Å². The number of piperidine rings is 1. The SMILES string of the molecule is c1ccc(CC2CCNC2C2CCCCN2Cc2ccccc2)cc1. The highest BCUT2D eigenvalue weighted by Gasteiger charge is 2.37. The predicted octanol–water partition coefficient (Wildman–Crippen LogP) is 4.26. The second kappa shape index (κ2) is 8.16. The van der Waals surface area contributed by atoms with Gasteiger partial charge in [0, 0.05) is 18.6 Å². The molecule has 2 heteroatoms. The van der Waals surface area contributed by atoms with Crippen molar-refractivity contribution in [2.45, 2.75) is 50.7 Å². The maximum Gasteiger partial charge on any atom is 0.0255 e. The number of likely N-dealkylation sites (tertiary alicyclic amines) is 1. The summed E-state index contributed by atoms with van der Waals surface area (Å²) in [7, 11) is 0. The fraction of sp³-hybridized carbons (Fsp3) is 0.478. The Balaban J connectivity index is 1.47. The third kappa shape index (κ3) is 4.13. The normalized spacial score (nSPS) is 27.4. The van der Waals surface area contributed by atoms with E-state index in [1.54, 1.807) is 0 Å². The molecule has 0 aromatic heterocycles. The van der Waals surface area contributed by atoms with Gasteiger partial charge in [0.15, 0.2) is 0 Å². The van der Waals surface area contributed by atoms with Gasteiger partial charge in [-0.3, -0.25) is 4.90 Å². The Hall–Kier alpha value is -1.64. The van der Waals surface area contributed by atoms with Crippen LogP contribution in [0.15, 0.2) is 60.7 Å². The van der Waals surface area contributed by atoms with Crippen LogP contribution >= 0.6 is 0 Å². The quantitative estimate of drug-likeness (QED) is 0.879. The van der Waals surface area contributed by atoms with E-state index in [0.29, 0.717) is 12.1 Å². The van der Waals surface area contributed by atoms with Crippen LogP contribution in [0.1, 0.15) is 36.8 Å². The monoisotopic (exact) mass is 334 g/mol. The maximum atomic E-state index is 3.87. The van der Waals surface area contributed by atoms with Gasteiger partial charge in [-0.2, -0.15) is 0 Å². The van der Waals surface area contributed by atoms with Crippen molar-refractivity contribution in [1.29, 1.82) is 0 Å². The molecule has 0 saturated carbocycles. The van der Waals surface area contributed by atoms with Crippen LogP contribution in [-0.2, 0) is 13.0 Å². The molecule has 2 nitrogen and oxygen atoms in total. The highest BCUT2D eigenvalue weighted by atomic mass is 15.2. The fourth-order valence-corrected chi connectivity index (χ4v) is 4.82. The molecule has 2 aromatic rings. The maximum absolute atomic E-state index is 3.87. The van der Waals surface area contributed by atoms with Gasteiger partial charge in [0.25, 0.3) is 0 Å². The van der Waals surface area contributed by atoms with Crippen LogP contribution in [0.3, 0.4) is 0 Å². The summed E-state index contributed by atoms with van der Waals surface area (Å²) >= 11 is 0. The number of nitrogens with one attached hydrogen (secondary N) is 1. The van der Waals surface area contributed by atoms with Gasteiger partial charge in [-0.1, -0.05) is 67.1 Å². The van der Waals surface area contributed by atoms with Gasteiger partial charge >= 0.3 is 0 Å².